The molecular weight excluding hydrogens is 264 g/mol. The van der Waals surface area contributed by atoms with Gasteiger partial charge in [0.2, 0.25) is 0 Å². The number of aryl methyl sites for hydroxylation is 1. The first-order chi connectivity index (χ1) is 10.2. The minimum absolute atomic E-state index is 0.598. The monoisotopic (exact) mass is 290 g/mol. The summed E-state index contributed by atoms with van der Waals surface area (Å²) in [5.41, 5.74) is 7.76. The molecule has 0 amide bonds. The largest absolute Gasteiger partial charge is 0.493 e. The molecule has 0 aliphatic rings. The molecule has 0 radical (unpaired) electrons. The molecule has 0 spiro atoms. The molecule has 0 fully saturated rings. The molecule has 0 bridgehead atoms. The Morgan fingerprint density at radius 2 is 1.81 bits per heavy atom. The highest BCUT2D eigenvalue weighted by Crippen LogP contribution is 2.34. The van der Waals surface area contributed by atoms with Crippen LogP contribution in [0.25, 0.3) is 0 Å². The lowest BCUT2D eigenvalue weighted by Gasteiger charge is -2.18. The van der Waals surface area contributed by atoms with Gasteiger partial charge in [-0.3, -0.25) is 4.90 Å². The number of nitrogens with two attached hydrogens (primary N) is 1. The van der Waals surface area contributed by atoms with Crippen molar-refractivity contribution >= 4 is 5.69 Å². The summed E-state index contributed by atoms with van der Waals surface area (Å²) < 4.78 is 10.6. The molecule has 0 aromatic heterocycles. The van der Waals surface area contributed by atoms with Crippen molar-refractivity contribution in [1.82, 2.24) is 4.90 Å². The number of hydrogen-bond donors (Lipinski definition) is 1. The highest BCUT2D eigenvalue weighted by Gasteiger charge is 2.10. The van der Waals surface area contributed by atoms with Gasteiger partial charge in [0.15, 0.2) is 11.5 Å². The van der Waals surface area contributed by atoms with E-state index in [1.54, 1.807) is 14.2 Å². The number of ether oxygens (including phenoxy) is 2. The Kier molecular flexibility index (Phi) is 7.40. The molecule has 0 aliphatic carbocycles. The van der Waals surface area contributed by atoms with Gasteiger partial charge < -0.3 is 15.2 Å². The van der Waals surface area contributed by atoms with Crippen LogP contribution in [0.1, 0.15) is 12.0 Å². The first kappa shape index (κ1) is 17.1. The van der Waals surface area contributed by atoms with E-state index in [4.69, 9.17) is 15.2 Å². The fourth-order valence-corrected chi connectivity index (χ4v) is 2.33. The normalized spacial score (nSPS) is 10.4. The van der Waals surface area contributed by atoms with E-state index in [0.29, 0.717) is 17.2 Å². The van der Waals surface area contributed by atoms with E-state index >= 15 is 0 Å². The van der Waals surface area contributed by atoms with Crippen molar-refractivity contribution in [3.63, 3.8) is 0 Å². The molecule has 0 heterocycles. The lowest BCUT2D eigenvalue weighted by atomic mass is 10.1. The maximum Gasteiger partial charge on any atom is 0.183 e. The van der Waals surface area contributed by atoms with Gasteiger partial charge in [0.25, 0.3) is 0 Å². The molecular formula is C17H26N2O2. The quantitative estimate of drug-likeness (QED) is 0.532. The molecule has 2 N–H and O–H groups in total. The lowest BCUT2D eigenvalue weighted by molar-refractivity contribution is 0.330. The highest BCUT2D eigenvalue weighted by molar-refractivity contribution is 5.62. The van der Waals surface area contributed by atoms with Crippen molar-refractivity contribution in [3.8, 4) is 11.5 Å². The standard InChI is InChI=1S/C17H26N2O2/c1-5-9-19(10-6-2)11-7-8-14-12-15(18)17(21-4)16(13-14)20-3/h5-6,12-13H,1-2,7-11,18H2,3-4H3. The van der Waals surface area contributed by atoms with Gasteiger partial charge >= 0.3 is 0 Å². The molecule has 1 aromatic carbocycles. The van der Waals surface area contributed by atoms with Crippen LogP contribution in [0.5, 0.6) is 11.5 Å². The number of benzene rings is 1. The number of anilines is 1. The van der Waals surface area contributed by atoms with E-state index in [0.717, 1.165) is 38.0 Å². The summed E-state index contributed by atoms with van der Waals surface area (Å²) in [5.74, 6) is 1.28. The molecule has 116 valence electrons. The topological polar surface area (TPSA) is 47.7 Å². The molecule has 0 saturated heterocycles. The van der Waals surface area contributed by atoms with Gasteiger partial charge in [-0.2, -0.15) is 0 Å². The Hall–Kier alpha value is -1.94. The van der Waals surface area contributed by atoms with Gasteiger partial charge in [0.05, 0.1) is 19.9 Å². The third kappa shape index (κ3) is 5.16. The molecule has 4 heteroatoms. The molecule has 4 nitrogen and oxygen atoms in total. The van der Waals surface area contributed by atoms with Crippen LogP contribution in [-0.2, 0) is 6.42 Å². The van der Waals surface area contributed by atoms with Gasteiger partial charge in [0, 0.05) is 13.1 Å². The number of hydrogen-bond acceptors (Lipinski definition) is 4. The van der Waals surface area contributed by atoms with E-state index in [-0.39, 0.29) is 0 Å². The summed E-state index contributed by atoms with van der Waals surface area (Å²) in [4.78, 5) is 2.30. The predicted octanol–water partition coefficient (Wildman–Crippen LogP) is 2.89. The smallest absolute Gasteiger partial charge is 0.183 e. The first-order valence-electron chi connectivity index (χ1n) is 7.10. The Morgan fingerprint density at radius 3 is 2.33 bits per heavy atom. The summed E-state index contributed by atoms with van der Waals surface area (Å²) in [6.07, 6.45) is 5.81. The van der Waals surface area contributed by atoms with E-state index in [1.165, 1.54) is 0 Å². The fourth-order valence-electron chi connectivity index (χ4n) is 2.33. The van der Waals surface area contributed by atoms with Crippen LogP contribution in [-0.4, -0.2) is 38.8 Å². The summed E-state index contributed by atoms with van der Waals surface area (Å²) in [7, 11) is 3.22. The third-order valence-electron chi connectivity index (χ3n) is 3.28. The number of rotatable bonds is 10. The summed E-state index contributed by atoms with van der Waals surface area (Å²) in [6, 6.07) is 3.94. The van der Waals surface area contributed by atoms with Gasteiger partial charge in [-0.05, 0) is 37.1 Å². The maximum atomic E-state index is 5.99. The lowest BCUT2D eigenvalue weighted by Crippen LogP contribution is -2.25. The maximum absolute atomic E-state index is 5.99. The molecule has 21 heavy (non-hydrogen) atoms. The van der Waals surface area contributed by atoms with Crippen molar-refractivity contribution in [2.24, 2.45) is 0 Å². The van der Waals surface area contributed by atoms with Crippen LogP contribution in [0.2, 0.25) is 0 Å². The van der Waals surface area contributed by atoms with E-state index in [2.05, 4.69) is 18.1 Å². The molecule has 0 aliphatic heterocycles. The average Bonchev–Trinajstić information content (AvgIpc) is 2.47. The van der Waals surface area contributed by atoms with Gasteiger partial charge in [-0.15, -0.1) is 13.2 Å². The van der Waals surface area contributed by atoms with Crippen LogP contribution >= 0.6 is 0 Å². The Balaban J connectivity index is 2.64. The van der Waals surface area contributed by atoms with E-state index in [1.807, 2.05) is 24.3 Å². The van der Waals surface area contributed by atoms with Crippen LogP contribution < -0.4 is 15.2 Å². The van der Waals surface area contributed by atoms with Gasteiger partial charge in [-0.1, -0.05) is 12.2 Å². The average molecular weight is 290 g/mol. The Labute approximate surface area is 127 Å². The molecule has 1 rings (SSSR count). The van der Waals surface area contributed by atoms with Crippen LogP contribution in [0.3, 0.4) is 0 Å². The van der Waals surface area contributed by atoms with Crippen LogP contribution in [0, 0.1) is 0 Å². The zero-order chi connectivity index (χ0) is 15.7. The molecule has 0 atom stereocenters. The SMILES string of the molecule is C=CCN(CC=C)CCCc1cc(N)c(OC)c(OC)c1. The van der Waals surface area contributed by atoms with E-state index < -0.39 is 0 Å². The zero-order valence-corrected chi connectivity index (χ0v) is 13.1. The van der Waals surface area contributed by atoms with Crippen LogP contribution in [0.4, 0.5) is 5.69 Å². The second-order valence-corrected chi connectivity index (χ2v) is 4.86. The van der Waals surface area contributed by atoms with Crippen molar-refractivity contribution in [3.05, 3.63) is 43.0 Å². The third-order valence-corrected chi connectivity index (χ3v) is 3.28. The van der Waals surface area contributed by atoms with Gasteiger partial charge in [-0.25, -0.2) is 0 Å². The van der Waals surface area contributed by atoms with Crippen molar-refractivity contribution < 1.29 is 9.47 Å². The fraction of sp³-hybridized carbons (Fsp3) is 0.412. The number of methoxy groups -OCH3 is 2. The second-order valence-electron chi connectivity index (χ2n) is 4.86. The van der Waals surface area contributed by atoms with Crippen molar-refractivity contribution in [2.75, 3.05) is 39.6 Å². The second kappa shape index (κ2) is 9.08. The Bertz CT molecular complexity index is 462. The van der Waals surface area contributed by atoms with Crippen LogP contribution in [0.15, 0.2) is 37.4 Å². The number of nitrogen functional groups attached to an aromatic ring is 1. The highest BCUT2D eigenvalue weighted by atomic mass is 16.5. The molecule has 1 aromatic rings. The number of nitrogens with zero attached hydrogens (tertiary/aromatic N) is 1. The zero-order valence-electron chi connectivity index (χ0n) is 13.1. The van der Waals surface area contributed by atoms with Gasteiger partial charge in [0.1, 0.15) is 0 Å². The predicted molar refractivity (Wildman–Crippen MR) is 89.1 cm³/mol. The van der Waals surface area contributed by atoms with Crippen molar-refractivity contribution in [1.29, 1.82) is 0 Å². The molecule has 0 unspecified atom stereocenters. The minimum atomic E-state index is 0.598. The summed E-state index contributed by atoms with van der Waals surface area (Å²) in [5, 5.41) is 0. The first-order valence-corrected chi connectivity index (χ1v) is 7.10. The summed E-state index contributed by atoms with van der Waals surface area (Å²) in [6.45, 7) is 10.3. The summed E-state index contributed by atoms with van der Waals surface area (Å²) >= 11 is 0. The van der Waals surface area contributed by atoms with E-state index in [9.17, 15) is 0 Å². The van der Waals surface area contributed by atoms with Crippen molar-refractivity contribution in [2.45, 2.75) is 12.8 Å². The molecule has 0 saturated carbocycles. The Morgan fingerprint density at radius 1 is 1.14 bits per heavy atom. The minimum Gasteiger partial charge on any atom is -0.493 e.